The van der Waals surface area contributed by atoms with Crippen molar-refractivity contribution in [2.45, 2.75) is 26.2 Å². The zero-order chi connectivity index (χ0) is 27.6. The number of aromatic nitrogens is 2. The molecule has 1 aliphatic carbocycles. The first-order valence-corrected chi connectivity index (χ1v) is 14.9. The lowest BCUT2D eigenvalue weighted by atomic mass is 9.45. The molecule has 0 unspecified atom stereocenters. The molecule has 5 aromatic carbocycles. The van der Waals surface area contributed by atoms with Crippen LogP contribution in [-0.2, 0) is 5.41 Å². The van der Waals surface area contributed by atoms with Crippen LogP contribution in [-0.4, -0.2) is 15.9 Å². The second-order valence-electron chi connectivity index (χ2n) is 13.0. The Morgan fingerprint density at radius 1 is 0.690 bits per heavy atom. The highest BCUT2D eigenvalue weighted by Crippen LogP contribution is 2.55. The zero-order valence-electron chi connectivity index (χ0n) is 23.6. The average molecular weight is 536 g/mol. The Hall–Kier alpha value is -4.96. The van der Waals surface area contributed by atoms with Crippen molar-refractivity contribution in [1.82, 2.24) is 9.05 Å². The van der Waals surface area contributed by atoms with Crippen molar-refractivity contribution < 1.29 is 4.42 Å². The number of furan rings is 1. The Morgan fingerprint density at radius 2 is 1.45 bits per heavy atom. The van der Waals surface area contributed by atoms with Crippen LogP contribution in [0, 0.1) is 6.92 Å². The minimum absolute atomic E-state index is 0.0696. The second-order valence-corrected chi connectivity index (χ2v) is 13.0. The molecule has 0 spiro atoms. The topological polar surface area (TPSA) is 23.0 Å². The van der Waals surface area contributed by atoms with Crippen LogP contribution < -0.4 is 10.9 Å². The maximum atomic E-state index is 6.62. The lowest BCUT2D eigenvalue weighted by Crippen LogP contribution is -2.55. The summed E-state index contributed by atoms with van der Waals surface area (Å²) in [4.78, 5) is 0. The van der Waals surface area contributed by atoms with Crippen molar-refractivity contribution in [1.29, 1.82) is 0 Å². The van der Waals surface area contributed by atoms with Crippen molar-refractivity contribution in [3.63, 3.8) is 0 Å². The molecule has 5 heterocycles. The van der Waals surface area contributed by atoms with Crippen molar-refractivity contribution >= 4 is 61.6 Å². The van der Waals surface area contributed by atoms with E-state index in [1.807, 2.05) is 0 Å². The van der Waals surface area contributed by atoms with E-state index in [1.165, 1.54) is 88.4 Å². The van der Waals surface area contributed by atoms with Crippen LogP contribution in [0.5, 0.6) is 0 Å². The molecule has 3 aromatic heterocycles. The average Bonchev–Trinajstić information content (AvgIpc) is 3.71. The molecule has 0 saturated carbocycles. The van der Waals surface area contributed by atoms with Gasteiger partial charge < -0.3 is 13.5 Å². The molecule has 3 aliphatic rings. The minimum Gasteiger partial charge on any atom is -0.454 e. The molecule has 0 bridgehead atoms. The van der Waals surface area contributed by atoms with Crippen molar-refractivity contribution in [2.75, 3.05) is 0 Å². The van der Waals surface area contributed by atoms with Crippen molar-refractivity contribution in [2.24, 2.45) is 0 Å². The summed E-state index contributed by atoms with van der Waals surface area (Å²) in [5, 5.41) is 3.73. The van der Waals surface area contributed by atoms with Crippen LogP contribution in [0.2, 0.25) is 0 Å². The van der Waals surface area contributed by atoms with Gasteiger partial charge in [-0.1, -0.05) is 86.6 Å². The predicted molar refractivity (Wildman–Crippen MR) is 174 cm³/mol. The number of hydrogen-bond donors (Lipinski definition) is 0. The maximum absolute atomic E-state index is 6.62. The first kappa shape index (κ1) is 21.7. The molecule has 0 atom stereocenters. The smallest absolute Gasteiger partial charge is 0.333 e. The van der Waals surface area contributed by atoms with Crippen LogP contribution in [0.1, 0.15) is 30.5 Å². The summed E-state index contributed by atoms with van der Waals surface area (Å²) >= 11 is 0. The summed E-state index contributed by atoms with van der Waals surface area (Å²) in [5.74, 6) is 0. The van der Waals surface area contributed by atoms with Gasteiger partial charge in [0, 0.05) is 49.6 Å². The minimum atomic E-state index is -0.0804. The van der Waals surface area contributed by atoms with E-state index in [0.717, 1.165) is 11.2 Å². The van der Waals surface area contributed by atoms with Gasteiger partial charge in [-0.3, -0.25) is 0 Å². The fraction of sp³-hybridized carbons (Fsp3) is 0.105. The second kappa shape index (κ2) is 6.74. The van der Waals surface area contributed by atoms with Gasteiger partial charge >= 0.3 is 6.85 Å². The highest BCUT2D eigenvalue weighted by atomic mass is 16.3. The summed E-state index contributed by atoms with van der Waals surface area (Å²) in [6.45, 7) is 7.12. The normalized spacial score (nSPS) is 15.2. The predicted octanol–water partition coefficient (Wildman–Crippen LogP) is 8.05. The molecule has 2 aliphatic heterocycles. The van der Waals surface area contributed by atoms with Gasteiger partial charge in [-0.05, 0) is 64.4 Å². The monoisotopic (exact) mass is 536 g/mol. The molecule has 196 valence electrons. The van der Waals surface area contributed by atoms with Crippen molar-refractivity contribution in [3.05, 3.63) is 114 Å². The molecule has 8 aromatic rings. The Labute approximate surface area is 242 Å². The number of fused-ring (bicyclic) bond motifs is 14. The van der Waals surface area contributed by atoms with E-state index in [0.29, 0.717) is 0 Å². The quantitative estimate of drug-likeness (QED) is 0.180. The Bertz CT molecular complexity index is 2570. The van der Waals surface area contributed by atoms with E-state index in [9.17, 15) is 0 Å². The molecule has 0 amide bonds. The van der Waals surface area contributed by atoms with E-state index in [2.05, 4.69) is 127 Å². The van der Waals surface area contributed by atoms with Crippen molar-refractivity contribution in [3.8, 4) is 28.1 Å². The number of benzene rings is 5. The molecule has 0 saturated heterocycles. The van der Waals surface area contributed by atoms with Crippen LogP contribution in [0.4, 0.5) is 0 Å². The maximum Gasteiger partial charge on any atom is 0.333 e. The fourth-order valence-corrected chi connectivity index (χ4v) is 9.01. The highest BCUT2D eigenvalue weighted by Gasteiger charge is 2.47. The van der Waals surface area contributed by atoms with Gasteiger partial charge in [0.2, 0.25) is 0 Å². The number of aryl methyl sites for hydroxylation is 1. The third-order valence-corrected chi connectivity index (χ3v) is 10.5. The van der Waals surface area contributed by atoms with Gasteiger partial charge in [0.1, 0.15) is 11.1 Å². The van der Waals surface area contributed by atoms with Gasteiger partial charge in [0.05, 0.1) is 5.52 Å². The molecular weight excluding hydrogens is 511 g/mol. The summed E-state index contributed by atoms with van der Waals surface area (Å²) in [5.41, 5.74) is 19.3. The summed E-state index contributed by atoms with van der Waals surface area (Å²) in [7, 11) is 0. The Balaban J connectivity index is 1.40. The van der Waals surface area contributed by atoms with E-state index < -0.39 is 0 Å². The molecular formula is C38H25BN2O. The largest absolute Gasteiger partial charge is 0.454 e. The first-order chi connectivity index (χ1) is 20.5. The van der Waals surface area contributed by atoms with Gasteiger partial charge in [-0.2, -0.15) is 0 Å². The molecule has 0 fully saturated rings. The summed E-state index contributed by atoms with van der Waals surface area (Å²) in [6, 6.07) is 36.1. The van der Waals surface area contributed by atoms with Gasteiger partial charge in [-0.15, -0.1) is 0 Å². The zero-order valence-corrected chi connectivity index (χ0v) is 23.6. The molecule has 11 rings (SSSR count). The van der Waals surface area contributed by atoms with E-state index in [-0.39, 0.29) is 12.3 Å². The third-order valence-electron chi connectivity index (χ3n) is 10.5. The van der Waals surface area contributed by atoms with Crippen LogP contribution in [0.25, 0.3) is 71.9 Å². The third kappa shape index (κ3) is 2.16. The first-order valence-electron chi connectivity index (χ1n) is 14.9. The van der Waals surface area contributed by atoms with Gasteiger partial charge in [0.25, 0.3) is 0 Å². The van der Waals surface area contributed by atoms with E-state index >= 15 is 0 Å². The van der Waals surface area contributed by atoms with Crippen LogP contribution >= 0.6 is 0 Å². The van der Waals surface area contributed by atoms with E-state index in [4.69, 9.17) is 4.42 Å². The standard InChI is InChI=1S/C38H25BN2O/c1-20-18-26-21-12-8-13-24-31-35(22-10-4-6-15-27(22)38(31,2)3)41(33(21)24)39-28-16-9-14-25-34(28)40(29(19-20)32(26)39)36-23-11-5-7-17-30(23)42-37(25)36/h4-19H,1-3H3. The highest BCUT2D eigenvalue weighted by molar-refractivity contribution is 6.89. The summed E-state index contributed by atoms with van der Waals surface area (Å²) < 4.78 is 11.8. The fourth-order valence-electron chi connectivity index (χ4n) is 9.01. The molecule has 3 nitrogen and oxygen atoms in total. The molecule has 0 N–H and O–H groups in total. The number of rotatable bonds is 0. The lowest BCUT2D eigenvalue weighted by molar-refractivity contribution is 0.666. The lowest BCUT2D eigenvalue weighted by Gasteiger charge is -2.34. The molecule has 4 heteroatoms. The number of nitrogens with zero attached hydrogens (tertiary/aromatic N) is 2. The molecule has 0 radical (unpaired) electrons. The SMILES string of the molecule is Cc1cc2c3c(c1)-n1c4c(cccc4c4oc5ccccc5c41)B3n1c3c(c4cccc-2c41)C(C)(C)c1ccccc1-3. The van der Waals surface area contributed by atoms with Gasteiger partial charge in [-0.25, -0.2) is 0 Å². The Kier molecular flexibility index (Phi) is 3.49. The van der Waals surface area contributed by atoms with E-state index in [1.54, 1.807) is 0 Å². The van der Waals surface area contributed by atoms with Crippen LogP contribution in [0.15, 0.2) is 101 Å². The van der Waals surface area contributed by atoms with Crippen LogP contribution in [0.3, 0.4) is 0 Å². The van der Waals surface area contributed by atoms with Gasteiger partial charge in [0.15, 0.2) is 5.58 Å². The number of hydrogen-bond acceptors (Lipinski definition) is 1. The summed E-state index contributed by atoms with van der Waals surface area (Å²) in [6.07, 6.45) is 0. The Morgan fingerprint density at radius 3 is 2.38 bits per heavy atom. The molecule has 42 heavy (non-hydrogen) atoms. The number of para-hydroxylation sites is 3.